The smallest absolute Gasteiger partial charge is 0.128 e. The molecule has 0 fully saturated rings. The zero-order valence-electron chi connectivity index (χ0n) is 10.6. The molecular weight excluding hydrogens is 196 g/mol. The average Bonchev–Trinajstić information content (AvgIpc) is 2.28. The van der Waals surface area contributed by atoms with Crippen LogP contribution in [-0.2, 0) is 10.3 Å². The van der Waals surface area contributed by atoms with E-state index < -0.39 is 0 Å². The summed E-state index contributed by atoms with van der Waals surface area (Å²) in [6, 6.07) is 8.60. The summed E-state index contributed by atoms with van der Waals surface area (Å²) >= 11 is 0. The van der Waals surface area contributed by atoms with Gasteiger partial charge in [0, 0.05) is 12.0 Å². The van der Waals surface area contributed by atoms with Crippen LogP contribution in [0.15, 0.2) is 30.0 Å². The molecule has 1 aliphatic rings. The van der Waals surface area contributed by atoms with Crippen molar-refractivity contribution in [2.75, 3.05) is 0 Å². The van der Waals surface area contributed by atoms with E-state index in [4.69, 9.17) is 4.74 Å². The lowest BCUT2D eigenvalue weighted by Crippen LogP contribution is -2.27. The molecule has 1 aromatic carbocycles. The fourth-order valence-electron chi connectivity index (χ4n) is 2.52. The molecule has 1 nitrogen and oxygen atoms in total. The Hall–Kier alpha value is -1.24. The zero-order chi connectivity index (χ0) is 11.8. The van der Waals surface area contributed by atoms with Crippen molar-refractivity contribution < 1.29 is 4.74 Å². The minimum Gasteiger partial charge on any atom is -0.487 e. The van der Waals surface area contributed by atoms with Gasteiger partial charge >= 0.3 is 0 Å². The molecule has 86 valence electrons. The van der Waals surface area contributed by atoms with Crippen LogP contribution in [0.25, 0.3) is 5.57 Å². The first-order valence-corrected chi connectivity index (χ1v) is 6.11. The number of rotatable bonds is 2. The molecule has 0 radical (unpaired) electrons. The molecule has 1 aliphatic heterocycles. The fourth-order valence-corrected chi connectivity index (χ4v) is 2.52. The molecule has 1 heterocycles. The van der Waals surface area contributed by atoms with E-state index >= 15 is 0 Å². The molecular formula is C15H20O. The van der Waals surface area contributed by atoms with Crippen LogP contribution in [0.4, 0.5) is 0 Å². The van der Waals surface area contributed by atoms with Crippen LogP contribution < -0.4 is 0 Å². The Morgan fingerprint density at radius 2 is 1.75 bits per heavy atom. The number of fused-ring (bicyclic) bond motifs is 1. The molecule has 0 amide bonds. The third-order valence-corrected chi connectivity index (χ3v) is 3.29. The first-order valence-electron chi connectivity index (χ1n) is 6.11. The average molecular weight is 216 g/mol. The SMILES string of the molecule is CCC1=C(CC)c2ccccc2C(C)(C)O1. The molecule has 0 bridgehead atoms. The Kier molecular flexibility index (Phi) is 2.79. The first kappa shape index (κ1) is 11.3. The van der Waals surface area contributed by atoms with Gasteiger partial charge in [0.05, 0.1) is 0 Å². The Balaban J connectivity index is 2.65. The Morgan fingerprint density at radius 1 is 1.06 bits per heavy atom. The van der Waals surface area contributed by atoms with Crippen molar-refractivity contribution >= 4 is 5.57 Å². The lowest BCUT2D eigenvalue weighted by Gasteiger charge is -2.36. The minimum atomic E-state index is -0.194. The summed E-state index contributed by atoms with van der Waals surface area (Å²) < 4.78 is 6.13. The third-order valence-electron chi connectivity index (χ3n) is 3.29. The van der Waals surface area contributed by atoms with Crippen LogP contribution in [0, 0.1) is 0 Å². The molecule has 0 spiro atoms. The summed E-state index contributed by atoms with van der Waals surface area (Å²) in [5.74, 6) is 1.16. The standard InChI is InChI=1S/C15H20O/c1-5-11-12-9-7-8-10-13(12)15(3,4)16-14(11)6-2/h7-10H,5-6H2,1-4H3. The molecule has 1 heteroatoms. The van der Waals surface area contributed by atoms with E-state index in [1.54, 1.807) is 0 Å². The Morgan fingerprint density at radius 3 is 2.38 bits per heavy atom. The van der Waals surface area contributed by atoms with Gasteiger partial charge in [0.15, 0.2) is 0 Å². The minimum absolute atomic E-state index is 0.194. The maximum Gasteiger partial charge on any atom is 0.128 e. The Labute approximate surface area is 98.1 Å². The van der Waals surface area contributed by atoms with E-state index in [0.717, 1.165) is 18.6 Å². The van der Waals surface area contributed by atoms with Crippen molar-refractivity contribution in [2.24, 2.45) is 0 Å². The summed E-state index contributed by atoms with van der Waals surface area (Å²) in [6.07, 6.45) is 2.01. The predicted octanol–water partition coefficient (Wildman–Crippen LogP) is 4.48. The van der Waals surface area contributed by atoms with Crippen molar-refractivity contribution in [2.45, 2.75) is 46.1 Å². The quantitative estimate of drug-likeness (QED) is 0.708. The largest absolute Gasteiger partial charge is 0.487 e. The number of hydrogen-bond donors (Lipinski definition) is 0. The summed E-state index contributed by atoms with van der Waals surface area (Å²) in [7, 11) is 0. The normalized spacial score (nSPS) is 18.0. The lowest BCUT2D eigenvalue weighted by atomic mass is 9.85. The molecule has 0 unspecified atom stereocenters. The van der Waals surface area contributed by atoms with E-state index in [2.05, 4.69) is 52.0 Å². The van der Waals surface area contributed by atoms with Gasteiger partial charge < -0.3 is 4.74 Å². The molecule has 0 atom stereocenters. The van der Waals surface area contributed by atoms with Gasteiger partial charge in [0.1, 0.15) is 11.4 Å². The van der Waals surface area contributed by atoms with Crippen molar-refractivity contribution in [3.8, 4) is 0 Å². The van der Waals surface area contributed by atoms with Crippen LogP contribution in [0.2, 0.25) is 0 Å². The molecule has 16 heavy (non-hydrogen) atoms. The second kappa shape index (κ2) is 3.97. The highest BCUT2D eigenvalue weighted by atomic mass is 16.5. The Bertz CT molecular complexity index is 427. The third kappa shape index (κ3) is 1.64. The predicted molar refractivity (Wildman–Crippen MR) is 68.1 cm³/mol. The maximum absolute atomic E-state index is 6.13. The van der Waals surface area contributed by atoms with Gasteiger partial charge in [-0.3, -0.25) is 0 Å². The highest BCUT2D eigenvalue weighted by molar-refractivity contribution is 5.72. The number of benzene rings is 1. The van der Waals surface area contributed by atoms with Crippen LogP contribution in [0.1, 0.15) is 51.7 Å². The summed E-state index contributed by atoms with van der Waals surface area (Å²) in [5.41, 5.74) is 3.86. The van der Waals surface area contributed by atoms with Crippen LogP contribution in [0.5, 0.6) is 0 Å². The van der Waals surface area contributed by atoms with Gasteiger partial charge in [-0.05, 0) is 31.4 Å². The first-order chi connectivity index (χ1) is 7.60. The van der Waals surface area contributed by atoms with Crippen LogP contribution >= 0.6 is 0 Å². The maximum atomic E-state index is 6.13. The molecule has 0 N–H and O–H groups in total. The number of ether oxygens (including phenoxy) is 1. The number of hydrogen-bond acceptors (Lipinski definition) is 1. The lowest BCUT2D eigenvalue weighted by molar-refractivity contribution is 0.0240. The fraction of sp³-hybridized carbons (Fsp3) is 0.467. The van der Waals surface area contributed by atoms with Crippen molar-refractivity contribution in [1.82, 2.24) is 0 Å². The van der Waals surface area contributed by atoms with E-state index in [1.165, 1.54) is 16.7 Å². The topological polar surface area (TPSA) is 9.23 Å². The summed E-state index contributed by atoms with van der Waals surface area (Å²) in [4.78, 5) is 0. The van der Waals surface area contributed by atoms with Gasteiger partial charge in [-0.1, -0.05) is 38.1 Å². The molecule has 2 rings (SSSR count). The second-order valence-electron chi connectivity index (χ2n) is 4.77. The molecule has 1 aromatic rings. The van der Waals surface area contributed by atoms with Gasteiger partial charge in [-0.15, -0.1) is 0 Å². The summed E-state index contributed by atoms with van der Waals surface area (Å²) in [5, 5.41) is 0. The van der Waals surface area contributed by atoms with Crippen molar-refractivity contribution in [3.05, 3.63) is 41.2 Å². The monoisotopic (exact) mass is 216 g/mol. The van der Waals surface area contributed by atoms with Gasteiger partial charge in [0.2, 0.25) is 0 Å². The van der Waals surface area contributed by atoms with E-state index in [-0.39, 0.29) is 5.60 Å². The number of allylic oxidation sites excluding steroid dienone is 2. The highest BCUT2D eigenvalue weighted by Gasteiger charge is 2.32. The van der Waals surface area contributed by atoms with Gasteiger partial charge in [-0.25, -0.2) is 0 Å². The summed E-state index contributed by atoms with van der Waals surface area (Å²) in [6.45, 7) is 8.65. The molecule has 0 aromatic heterocycles. The van der Waals surface area contributed by atoms with Gasteiger partial charge in [0.25, 0.3) is 0 Å². The van der Waals surface area contributed by atoms with Gasteiger partial charge in [-0.2, -0.15) is 0 Å². The van der Waals surface area contributed by atoms with Crippen LogP contribution in [0.3, 0.4) is 0 Å². The molecule has 0 saturated carbocycles. The van der Waals surface area contributed by atoms with Crippen LogP contribution in [-0.4, -0.2) is 0 Å². The van der Waals surface area contributed by atoms with Crippen molar-refractivity contribution in [1.29, 1.82) is 0 Å². The zero-order valence-corrected chi connectivity index (χ0v) is 10.6. The van der Waals surface area contributed by atoms with E-state index in [9.17, 15) is 0 Å². The van der Waals surface area contributed by atoms with E-state index in [0.29, 0.717) is 0 Å². The van der Waals surface area contributed by atoms with Crippen molar-refractivity contribution in [3.63, 3.8) is 0 Å². The van der Waals surface area contributed by atoms with E-state index in [1.807, 2.05) is 0 Å². The molecule has 0 aliphatic carbocycles. The second-order valence-corrected chi connectivity index (χ2v) is 4.77. The highest BCUT2D eigenvalue weighted by Crippen LogP contribution is 2.42. The molecule has 0 saturated heterocycles.